The Hall–Kier alpha value is -0.120. The normalized spacial score (nSPS) is 42.0. The Morgan fingerprint density at radius 3 is 2.63 bits per heavy atom. The molecule has 0 aromatic rings. The van der Waals surface area contributed by atoms with Crippen molar-refractivity contribution in [2.45, 2.75) is 76.6 Å². The molecule has 0 amide bonds. The zero-order chi connectivity index (χ0) is 13.2. The third kappa shape index (κ3) is 3.32. The summed E-state index contributed by atoms with van der Waals surface area (Å²) >= 11 is 0. The quantitative estimate of drug-likeness (QED) is 0.849. The van der Waals surface area contributed by atoms with E-state index >= 15 is 0 Å². The van der Waals surface area contributed by atoms with E-state index in [2.05, 4.69) is 24.1 Å². The molecule has 3 fully saturated rings. The van der Waals surface area contributed by atoms with Gasteiger partial charge in [-0.1, -0.05) is 6.92 Å². The summed E-state index contributed by atoms with van der Waals surface area (Å²) in [5, 5.41) is 3.77. The van der Waals surface area contributed by atoms with Crippen molar-refractivity contribution in [1.29, 1.82) is 0 Å². The molecular weight excluding hydrogens is 236 g/mol. The molecule has 4 unspecified atom stereocenters. The topological polar surface area (TPSA) is 24.5 Å². The molecule has 3 rings (SSSR count). The highest BCUT2D eigenvalue weighted by atomic mass is 16.5. The van der Waals surface area contributed by atoms with Crippen molar-refractivity contribution in [3.05, 3.63) is 0 Å². The second-order valence-electron chi connectivity index (χ2n) is 6.82. The molecule has 2 heterocycles. The lowest BCUT2D eigenvalue weighted by molar-refractivity contribution is 0.0402. The van der Waals surface area contributed by atoms with E-state index in [0.717, 1.165) is 18.6 Å². The molecule has 0 bridgehead atoms. The van der Waals surface area contributed by atoms with Gasteiger partial charge in [-0.3, -0.25) is 4.90 Å². The van der Waals surface area contributed by atoms with E-state index in [-0.39, 0.29) is 0 Å². The van der Waals surface area contributed by atoms with Gasteiger partial charge < -0.3 is 10.1 Å². The molecule has 0 radical (unpaired) electrons. The van der Waals surface area contributed by atoms with E-state index in [1.807, 2.05) is 0 Å². The Balaban J connectivity index is 1.61. The van der Waals surface area contributed by atoms with Gasteiger partial charge in [0, 0.05) is 37.8 Å². The number of nitrogens with one attached hydrogen (secondary N) is 1. The summed E-state index contributed by atoms with van der Waals surface area (Å²) in [7, 11) is 0. The number of ether oxygens (including phenoxy) is 1. The second kappa shape index (κ2) is 6.11. The van der Waals surface area contributed by atoms with E-state index in [0.29, 0.717) is 18.2 Å². The van der Waals surface area contributed by atoms with E-state index in [1.54, 1.807) is 0 Å². The highest BCUT2D eigenvalue weighted by Crippen LogP contribution is 2.40. The Labute approximate surface area is 118 Å². The minimum absolute atomic E-state index is 0.558. The number of hydrogen-bond acceptors (Lipinski definition) is 3. The average molecular weight is 266 g/mol. The lowest BCUT2D eigenvalue weighted by Gasteiger charge is -2.37. The van der Waals surface area contributed by atoms with Gasteiger partial charge in [-0.05, 0) is 51.4 Å². The molecule has 2 aliphatic heterocycles. The molecule has 3 heteroatoms. The van der Waals surface area contributed by atoms with Crippen LogP contribution in [-0.2, 0) is 4.74 Å². The maximum Gasteiger partial charge on any atom is 0.0759 e. The lowest BCUT2D eigenvalue weighted by atomic mass is 10.00. The summed E-state index contributed by atoms with van der Waals surface area (Å²) in [6, 6.07) is 2.09. The van der Waals surface area contributed by atoms with E-state index in [4.69, 9.17) is 4.74 Å². The number of nitrogens with zero attached hydrogens (tertiary/aromatic N) is 1. The fourth-order valence-electron chi connectivity index (χ4n) is 3.88. The molecule has 0 spiro atoms. The van der Waals surface area contributed by atoms with Crippen LogP contribution in [-0.4, -0.2) is 48.8 Å². The second-order valence-corrected chi connectivity index (χ2v) is 6.82. The lowest BCUT2D eigenvalue weighted by Crippen LogP contribution is -2.49. The fraction of sp³-hybridized carbons (Fsp3) is 1.00. The van der Waals surface area contributed by atoms with E-state index < -0.39 is 0 Å². The van der Waals surface area contributed by atoms with Crippen LogP contribution in [0.2, 0.25) is 0 Å². The van der Waals surface area contributed by atoms with Crippen LogP contribution >= 0.6 is 0 Å². The van der Waals surface area contributed by atoms with Crippen LogP contribution in [0.5, 0.6) is 0 Å². The molecule has 1 N–H and O–H groups in total. The number of hydrogen-bond donors (Lipinski definition) is 1. The first-order valence-electron chi connectivity index (χ1n) is 8.39. The highest BCUT2D eigenvalue weighted by molar-refractivity contribution is 4.95. The zero-order valence-electron chi connectivity index (χ0n) is 12.6. The van der Waals surface area contributed by atoms with Gasteiger partial charge in [0.25, 0.3) is 0 Å². The summed E-state index contributed by atoms with van der Waals surface area (Å²) in [5.74, 6) is 0.885. The predicted molar refractivity (Wildman–Crippen MR) is 78.4 cm³/mol. The zero-order valence-corrected chi connectivity index (χ0v) is 12.6. The Kier molecular flexibility index (Phi) is 4.45. The molecule has 4 atom stereocenters. The molecule has 3 aliphatic rings. The minimum Gasteiger partial charge on any atom is -0.376 e. The summed E-state index contributed by atoms with van der Waals surface area (Å²) in [4.78, 5) is 2.76. The van der Waals surface area contributed by atoms with E-state index in [9.17, 15) is 0 Å². The summed E-state index contributed by atoms with van der Waals surface area (Å²) in [6.07, 6.45) is 8.47. The van der Waals surface area contributed by atoms with Crippen molar-refractivity contribution < 1.29 is 4.74 Å². The molecule has 19 heavy (non-hydrogen) atoms. The molecule has 3 nitrogen and oxygen atoms in total. The maximum absolute atomic E-state index is 6.04. The van der Waals surface area contributed by atoms with Crippen molar-refractivity contribution in [1.82, 2.24) is 10.2 Å². The molecule has 110 valence electrons. The average Bonchev–Trinajstić information content (AvgIpc) is 3.13. The molecule has 0 aromatic carbocycles. The first-order chi connectivity index (χ1) is 9.28. The standard InChI is InChI=1S/C16H30N2O/c1-3-14-7-10-18(9-6-12(2)17-14)15-8-11-19-16(15)13-4-5-13/h12-17H,3-11H2,1-2H3. The van der Waals surface area contributed by atoms with Gasteiger partial charge in [-0.25, -0.2) is 0 Å². The largest absolute Gasteiger partial charge is 0.376 e. The Morgan fingerprint density at radius 1 is 1.11 bits per heavy atom. The van der Waals surface area contributed by atoms with Gasteiger partial charge in [-0.2, -0.15) is 0 Å². The van der Waals surface area contributed by atoms with Crippen molar-refractivity contribution in [3.8, 4) is 0 Å². The monoisotopic (exact) mass is 266 g/mol. The van der Waals surface area contributed by atoms with Crippen LogP contribution < -0.4 is 5.32 Å². The molecular formula is C16H30N2O. The van der Waals surface area contributed by atoms with E-state index in [1.165, 1.54) is 51.6 Å². The van der Waals surface area contributed by atoms with Gasteiger partial charge >= 0.3 is 0 Å². The van der Waals surface area contributed by atoms with Crippen molar-refractivity contribution in [3.63, 3.8) is 0 Å². The Bertz CT molecular complexity index is 292. The summed E-state index contributed by atoms with van der Waals surface area (Å²) < 4.78 is 6.04. The Morgan fingerprint density at radius 2 is 1.89 bits per heavy atom. The number of rotatable bonds is 3. The van der Waals surface area contributed by atoms with Crippen molar-refractivity contribution in [2.75, 3.05) is 19.7 Å². The molecule has 1 aliphatic carbocycles. The van der Waals surface area contributed by atoms with Gasteiger partial charge in [0.1, 0.15) is 0 Å². The van der Waals surface area contributed by atoms with Crippen LogP contribution in [0.25, 0.3) is 0 Å². The summed E-state index contributed by atoms with van der Waals surface area (Å²) in [6.45, 7) is 8.16. The minimum atomic E-state index is 0.558. The van der Waals surface area contributed by atoms with Gasteiger partial charge in [0.15, 0.2) is 0 Å². The van der Waals surface area contributed by atoms with Crippen LogP contribution in [0.4, 0.5) is 0 Å². The smallest absolute Gasteiger partial charge is 0.0759 e. The van der Waals surface area contributed by atoms with Crippen LogP contribution in [0, 0.1) is 5.92 Å². The first-order valence-corrected chi connectivity index (χ1v) is 8.39. The van der Waals surface area contributed by atoms with Crippen molar-refractivity contribution >= 4 is 0 Å². The molecule has 0 aromatic heterocycles. The van der Waals surface area contributed by atoms with Crippen LogP contribution in [0.3, 0.4) is 0 Å². The third-order valence-corrected chi connectivity index (χ3v) is 5.29. The molecule has 1 saturated carbocycles. The SMILES string of the molecule is CCC1CCN(C2CCOC2C2CC2)CCC(C)N1. The van der Waals surface area contributed by atoms with Crippen LogP contribution in [0.15, 0.2) is 0 Å². The third-order valence-electron chi connectivity index (χ3n) is 5.29. The van der Waals surface area contributed by atoms with Gasteiger partial charge in [-0.15, -0.1) is 0 Å². The first kappa shape index (κ1) is 13.8. The summed E-state index contributed by atoms with van der Waals surface area (Å²) in [5.41, 5.74) is 0. The van der Waals surface area contributed by atoms with Crippen molar-refractivity contribution in [2.24, 2.45) is 5.92 Å². The molecule has 2 saturated heterocycles. The van der Waals surface area contributed by atoms with Gasteiger partial charge in [0.2, 0.25) is 0 Å². The predicted octanol–water partition coefficient (Wildman–Crippen LogP) is 2.41. The maximum atomic E-state index is 6.04. The van der Waals surface area contributed by atoms with Gasteiger partial charge in [0.05, 0.1) is 6.10 Å². The fourth-order valence-corrected chi connectivity index (χ4v) is 3.88. The highest BCUT2D eigenvalue weighted by Gasteiger charge is 2.43. The van der Waals surface area contributed by atoms with Crippen LogP contribution in [0.1, 0.15) is 52.4 Å².